The van der Waals surface area contributed by atoms with E-state index in [0.29, 0.717) is 24.7 Å². The number of rotatable bonds is 5. The van der Waals surface area contributed by atoms with E-state index in [-0.39, 0.29) is 22.9 Å². The normalized spacial score (nSPS) is 17.9. The summed E-state index contributed by atoms with van der Waals surface area (Å²) in [4.78, 5) is 36.9. The minimum absolute atomic E-state index is 0.115. The Bertz CT molecular complexity index is 835. The third kappa shape index (κ3) is 4.60. The van der Waals surface area contributed by atoms with E-state index in [2.05, 4.69) is 10.9 Å². The number of carbonyl (C=O) groups excluding carboxylic acids is 3. The predicted octanol–water partition coefficient (Wildman–Crippen LogP) is -0.235. The molecule has 0 atom stereocenters. The molecule has 1 aromatic carbocycles. The van der Waals surface area contributed by atoms with Gasteiger partial charge < -0.3 is 4.90 Å². The molecule has 27 heavy (non-hydrogen) atoms. The van der Waals surface area contributed by atoms with Crippen molar-refractivity contribution in [2.75, 3.05) is 31.3 Å². The molecule has 1 aromatic rings. The van der Waals surface area contributed by atoms with Gasteiger partial charge in [-0.1, -0.05) is 0 Å². The van der Waals surface area contributed by atoms with Gasteiger partial charge >= 0.3 is 0 Å². The van der Waals surface area contributed by atoms with E-state index in [1.54, 1.807) is 0 Å². The molecule has 0 unspecified atom stereocenters. The van der Waals surface area contributed by atoms with Crippen LogP contribution in [0.25, 0.3) is 0 Å². The average molecular weight is 412 g/mol. The quantitative estimate of drug-likeness (QED) is 0.645. The Kier molecular flexibility index (Phi) is 6.02. The smallest absolute Gasteiger partial charge is 0.269 e. The highest BCUT2D eigenvalue weighted by Crippen LogP contribution is 2.21. The van der Waals surface area contributed by atoms with Crippen LogP contribution in [0.2, 0.25) is 0 Å². The number of nitrogens with one attached hydrogen (secondary N) is 2. The number of benzene rings is 1. The number of amides is 3. The number of hydrogen-bond donors (Lipinski definition) is 2. The van der Waals surface area contributed by atoms with Gasteiger partial charge in [-0.15, -0.1) is 11.8 Å². The first kappa shape index (κ1) is 19.6. The molecule has 0 aromatic heterocycles. The van der Waals surface area contributed by atoms with Crippen LogP contribution in [0.4, 0.5) is 0 Å². The maximum absolute atomic E-state index is 12.5. The average Bonchev–Trinajstić information content (AvgIpc) is 3.33. The predicted molar refractivity (Wildman–Crippen MR) is 99.1 cm³/mol. The van der Waals surface area contributed by atoms with Gasteiger partial charge in [0.2, 0.25) is 15.9 Å². The lowest BCUT2D eigenvalue weighted by Gasteiger charge is -2.16. The molecule has 0 aliphatic carbocycles. The molecule has 2 fully saturated rings. The zero-order valence-corrected chi connectivity index (χ0v) is 16.1. The molecule has 0 bridgehead atoms. The van der Waals surface area contributed by atoms with Crippen molar-refractivity contribution >= 4 is 39.5 Å². The number of thioether (sulfide) groups is 1. The van der Waals surface area contributed by atoms with Gasteiger partial charge in [0, 0.05) is 18.7 Å². The van der Waals surface area contributed by atoms with Crippen molar-refractivity contribution in [3.8, 4) is 0 Å². The van der Waals surface area contributed by atoms with Gasteiger partial charge in [0.05, 0.1) is 16.5 Å². The maximum Gasteiger partial charge on any atom is 0.269 e. The molecular formula is C16H20N4O5S2. The molecule has 0 saturated carbocycles. The van der Waals surface area contributed by atoms with Crippen LogP contribution in [0.5, 0.6) is 0 Å². The van der Waals surface area contributed by atoms with Crippen LogP contribution >= 0.6 is 11.8 Å². The third-order valence-corrected chi connectivity index (χ3v) is 7.15. The molecule has 11 heteroatoms. The molecule has 2 aliphatic rings. The Hall–Kier alpha value is -2.11. The van der Waals surface area contributed by atoms with E-state index in [1.807, 2.05) is 0 Å². The number of nitrogens with zero attached hydrogens (tertiary/aromatic N) is 2. The lowest BCUT2D eigenvalue weighted by Crippen LogP contribution is -2.46. The molecule has 2 N–H and O–H groups in total. The highest BCUT2D eigenvalue weighted by Gasteiger charge is 2.27. The fourth-order valence-corrected chi connectivity index (χ4v) is 5.23. The van der Waals surface area contributed by atoms with Gasteiger partial charge in [-0.05, 0) is 37.1 Å². The lowest BCUT2D eigenvalue weighted by molar-refractivity contribution is -0.132. The summed E-state index contributed by atoms with van der Waals surface area (Å²) in [5, 5.41) is 0. The summed E-state index contributed by atoms with van der Waals surface area (Å²) in [7, 11) is -3.53. The Balaban J connectivity index is 1.54. The van der Waals surface area contributed by atoms with Crippen LogP contribution in [0.15, 0.2) is 29.2 Å². The van der Waals surface area contributed by atoms with Crippen LogP contribution in [-0.4, -0.2) is 66.6 Å². The highest BCUT2D eigenvalue weighted by atomic mass is 32.2. The molecule has 0 radical (unpaired) electrons. The molecule has 0 spiro atoms. The van der Waals surface area contributed by atoms with Gasteiger partial charge in [0.1, 0.15) is 6.54 Å². The number of hydrogen-bond acceptors (Lipinski definition) is 6. The summed E-state index contributed by atoms with van der Waals surface area (Å²) < 4.78 is 26.3. The van der Waals surface area contributed by atoms with Crippen molar-refractivity contribution in [2.45, 2.75) is 17.7 Å². The molecule has 146 valence electrons. The Morgan fingerprint density at radius 2 is 1.74 bits per heavy atom. The van der Waals surface area contributed by atoms with Crippen molar-refractivity contribution in [3.63, 3.8) is 0 Å². The summed E-state index contributed by atoms with van der Waals surface area (Å²) in [5.41, 5.74) is 4.72. The number of sulfonamides is 1. The zero-order chi connectivity index (χ0) is 19.4. The summed E-state index contributed by atoms with van der Waals surface area (Å²) >= 11 is 1.42. The van der Waals surface area contributed by atoms with Crippen molar-refractivity contribution in [1.82, 2.24) is 20.1 Å². The van der Waals surface area contributed by atoms with E-state index < -0.39 is 21.8 Å². The van der Waals surface area contributed by atoms with E-state index in [4.69, 9.17) is 0 Å². The third-order valence-electron chi connectivity index (χ3n) is 4.29. The molecule has 3 rings (SSSR count). The Labute approximate surface area is 161 Å². The fraction of sp³-hybridized carbons (Fsp3) is 0.438. The SMILES string of the molecule is O=C(CN1CSCC1=O)NNC(=O)c1ccc(S(=O)(=O)N2CCCC2)cc1. The van der Waals surface area contributed by atoms with E-state index in [0.717, 1.165) is 12.8 Å². The highest BCUT2D eigenvalue weighted by molar-refractivity contribution is 8.00. The van der Waals surface area contributed by atoms with Crippen LogP contribution in [-0.2, 0) is 19.6 Å². The van der Waals surface area contributed by atoms with Crippen molar-refractivity contribution in [2.24, 2.45) is 0 Å². The molecular weight excluding hydrogens is 392 g/mol. The van der Waals surface area contributed by atoms with E-state index in [9.17, 15) is 22.8 Å². The summed E-state index contributed by atoms with van der Waals surface area (Å²) in [6.07, 6.45) is 1.70. The first-order chi connectivity index (χ1) is 12.9. The molecule has 3 amide bonds. The molecule has 2 aliphatic heterocycles. The topological polar surface area (TPSA) is 116 Å². The molecule has 2 heterocycles. The minimum Gasteiger partial charge on any atom is -0.323 e. The second kappa shape index (κ2) is 8.28. The van der Waals surface area contributed by atoms with Crippen LogP contribution in [0.1, 0.15) is 23.2 Å². The van der Waals surface area contributed by atoms with Gasteiger partial charge in [0.15, 0.2) is 0 Å². The largest absolute Gasteiger partial charge is 0.323 e. The van der Waals surface area contributed by atoms with Gasteiger partial charge in [0.25, 0.3) is 11.8 Å². The summed E-state index contributed by atoms with van der Waals surface area (Å²) in [5.74, 6) is -0.390. The van der Waals surface area contributed by atoms with E-state index >= 15 is 0 Å². The van der Waals surface area contributed by atoms with Crippen LogP contribution in [0.3, 0.4) is 0 Å². The Morgan fingerprint density at radius 3 is 2.33 bits per heavy atom. The van der Waals surface area contributed by atoms with Crippen LogP contribution < -0.4 is 10.9 Å². The second-order valence-corrected chi connectivity index (χ2v) is 9.10. The van der Waals surface area contributed by atoms with Gasteiger partial charge in [-0.2, -0.15) is 4.31 Å². The monoisotopic (exact) mass is 412 g/mol. The zero-order valence-electron chi connectivity index (χ0n) is 14.5. The van der Waals surface area contributed by atoms with Crippen molar-refractivity contribution in [1.29, 1.82) is 0 Å². The van der Waals surface area contributed by atoms with E-state index in [1.165, 1.54) is 45.2 Å². The lowest BCUT2D eigenvalue weighted by atomic mass is 10.2. The number of carbonyl (C=O) groups is 3. The van der Waals surface area contributed by atoms with Crippen LogP contribution in [0, 0.1) is 0 Å². The standard InChI is InChI=1S/C16H20N4O5S2/c21-14(9-19-11-26-10-15(19)22)17-18-16(23)12-3-5-13(6-4-12)27(24,25)20-7-1-2-8-20/h3-6H,1-2,7-11H2,(H,17,21)(H,18,23). The summed E-state index contributed by atoms with van der Waals surface area (Å²) in [6.45, 7) is 0.891. The first-order valence-corrected chi connectivity index (χ1v) is 11.0. The first-order valence-electron chi connectivity index (χ1n) is 8.43. The Morgan fingerprint density at radius 1 is 1.07 bits per heavy atom. The minimum atomic E-state index is -3.53. The van der Waals surface area contributed by atoms with Gasteiger partial charge in [-0.3, -0.25) is 25.2 Å². The second-order valence-electron chi connectivity index (χ2n) is 6.21. The van der Waals surface area contributed by atoms with Crippen molar-refractivity contribution < 1.29 is 22.8 Å². The fourth-order valence-electron chi connectivity index (χ4n) is 2.81. The number of hydrazine groups is 1. The maximum atomic E-state index is 12.5. The van der Waals surface area contributed by atoms with Gasteiger partial charge in [-0.25, -0.2) is 8.42 Å². The molecule has 9 nitrogen and oxygen atoms in total. The molecule has 2 saturated heterocycles. The summed E-state index contributed by atoms with van der Waals surface area (Å²) in [6, 6.07) is 5.55. The van der Waals surface area contributed by atoms with Crippen molar-refractivity contribution in [3.05, 3.63) is 29.8 Å².